The topological polar surface area (TPSA) is 111 Å². The molecule has 0 radical (unpaired) electrons. The molecule has 204 valence electrons. The number of ether oxygens (including phenoxy) is 1. The lowest BCUT2D eigenvalue weighted by Crippen LogP contribution is -2.74. The molecule has 2 fully saturated rings. The third-order valence-electron chi connectivity index (χ3n) is 9.09. The average Bonchev–Trinajstić information content (AvgIpc) is 2.87. The number of benzene rings is 1. The lowest BCUT2D eigenvalue weighted by Gasteiger charge is -2.63. The summed E-state index contributed by atoms with van der Waals surface area (Å²) in [5, 5.41) is 22.2. The van der Waals surface area contributed by atoms with E-state index in [9.17, 15) is 15.2 Å². The first-order valence-electron chi connectivity index (χ1n) is 13.5. The SMILES string of the molecule is Cc1c(C#N)ccc(OC2C(C)(C)C(NC(=O)c3cnc(N4CC(C)C(CO)C(C)C4)nc3)C2(C)C)c1C. The molecule has 1 saturated carbocycles. The van der Waals surface area contributed by atoms with Crippen molar-refractivity contribution < 1.29 is 14.6 Å². The fourth-order valence-electron chi connectivity index (χ4n) is 6.91. The number of hydrogen-bond acceptors (Lipinski definition) is 7. The lowest BCUT2D eigenvalue weighted by atomic mass is 9.49. The number of carbonyl (C=O) groups is 1. The molecule has 38 heavy (non-hydrogen) atoms. The van der Waals surface area contributed by atoms with E-state index in [1.807, 2.05) is 19.9 Å². The van der Waals surface area contributed by atoms with Gasteiger partial charge in [0, 0.05) is 49.0 Å². The molecule has 2 N–H and O–H groups in total. The molecule has 0 bridgehead atoms. The summed E-state index contributed by atoms with van der Waals surface area (Å²) in [5.41, 5.74) is 2.32. The van der Waals surface area contributed by atoms with E-state index in [2.05, 4.69) is 67.8 Å². The zero-order chi connectivity index (χ0) is 28.0. The van der Waals surface area contributed by atoms with Crippen LogP contribution in [0, 0.1) is 53.8 Å². The summed E-state index contributed by atoms with van der Waals surface area (Å²) in [6.45, 7) is 18.4. The highest BCUT2D eigenvalue weighted by Gasteiger charge is 2.64. The maximum absolute atomic E-state index is 13.2. The van der Waals surface area contributed by atoms with E-state index in [4.69, 9.17) is 4.74 Å². The molecule has 1 amide bonds. The summed E-state index contributed by atoms with van der Waals surface area (Å²) >= 11 is 0. The molecule has 1 saturated heterocycles. The molecule has 2 aliphatic rings. The fourth-order valence-corrected chi connectivity index (χ4v) is 6.91. The van der Waals surface area contributed by atoms with Gasteiger partial charge in [0.15, 0.2) is 0 Å². The van der Waals surface area contributed by atoms with Gasteiger partial charge in [0.25, 0.3) is 5.91 Å². The van der Waals surface area contributed by atoms with Crippen molar-refractivity contribution in [3.8, 4) is 11.8 Å². The molecule has 8 heteroatoms. The van der Waals surface area contributed by atoms with Gasteiger partial charge in [0.1, 0.15) is 11.9 Å². The van der Waals surface area contributed by atoms with Gasteiger partial charge in [-0.05, 0) is 54.9 Å². The van der Waals surface area contributed by atoms with Crippen LogP contribution in [0.2, 0.25) is 0 Å². The van der Waals surface area contributed by atoms with Gasteiger partial charge < -0.3 is 20.1 Å². The molecule has 1 aromatic carbocycles. The van der Waals surface area contributed by atoms with Crippen LogP contribution in [0.4, 0.5) is 5.95 Å². The monoisotopic (exact) mass is 519 g/mol. The number of aliphatic hydroxyl groups is 1. The summed E-state index contributed by atoms with van der Waals surface area (Å²) < 4.78 is 6.52. The lowest BCUT2D eigenvalue weighted by molar-refractivity contribution is -0.164. The first-order valence-corrected chi connectivity index (χ1v) is 13.5. The predicted octanol–water partition coefficient (Wildman–Crippen LogP) is 4.28. The molecule has 2 unspecified atom stereocenters. The molecule has 8 nitrogen and oxygen atoms in total. The second-order valence-corrected chi connectivity index (χ2v) is 12.5. The van der Waals surface area contributed by atoms with Crippen molar-refractivity contribution >= 4 is 11.9 Å². The maximum atomic E-state index is 13.2. The molecule has 1 aliphatic heterocycles. The molecule has 0 spiro atoms. The molecule has 1 aromatic heterocycles. The molecule has 2 aromatic rings. The Labute approximate surface area is 226 Å². The van der Waals surface area contributed by atoms with E-state index in [0.717, 1.165) is 30.0 Å². The number of carbonyl (C=O) groups excluding carboxylic acids is 1. The van der Waals surface area contributed by atoms with Crippen molar-refractivity contribution in [3.05, 3.63) is 46.8 Å². The Hall–Kier alpha value is -3.18. The van der Waals surface area contributed by atoms with Gasteiger partial charge in [-0.2, -0.15) is 5.26 Å². The van der Waals surface area contributed by atoms with E-state index < -0.39 is 0 Å². The Morgan fingerprint density at radius 2 is 1.68 bits per heavy atom. The van der Waals surface area contributed by atoms with Crippen LogP contribution in [0.15, 0.2) is 24.5 Å². The smallest absolute Gasteiger partial charge is 0.254 e. The number of nitrogens with one attached hydrogen (secondary N) is 1. The number of aromatic nitrogens is 2. The van der Waals surface area contributed by atoms with Crippen LogP contribution in [0.5, 0.6) is 5.75 Å². The number of nitriles is 1. The van der Waals surface area contributed by atoms with Gasteiger partial charge in [0.2, 0.25) is 5.95 Å². The average molecular weight is 520 g/mol. The Bertz CT molecular complexity index is 1210. The zero-order valence-electron chi connectivity index (χ0n) is 23.9. The number of hydrogen-bond donors (Lipinski definition) is 2. The van der Waals surface area contributed by atoms with Crippen LogP contribution < -0.4 is 15.0 Å². The predicted molar refractivity (Wildman–Crippen MR) is 147 cm³/mol. The second kappa shape index (κ2) is 10.2. The first kappa shape index (κ1) is 27.8. The standard InChI is InChI=1S/C30H41N5O3/c1-17-14-35(15-18(2)23(17)16-36)28-32-12-22(13-33-28)25(37)34-26-29(5,6)27(30(26,7)8)38-24-10-9-21(11-31)19(3)20(24)4/h9-10,12-13,17-18,23,26-27,36H,14-16H2,1-8H3,(H,34,37). The summed E-state index contributed by atoms with van der Waals surface area (Å²) in [6.07, 6.45) is 3.07. The van der Waals surface area contributed by atoms with Crippen LogP contribution in [0.1, 0.15) is 68.6 Å². The van der Waals surface area contributed by atoms with E-state index in [-0.39, 0.29) is 41.4 Å². The fraction of sp³-hybridized carbons (Fsp3) is 0.600. The number of aliphatic hydroxyl groups excluding tert-OH is 1. The number of nitrogens with zero attached hydrogens (tertiary/aromatic N) is 4. The number of anilines is 1. The van der Waals surface area contributed by atoms with Crippen molar-refractivity contribution in [1.29, 1.82) is 5.26 Å². The van der Waals surface area contributed by atoms with Crippen molar-refractivity contribution in [2.75, 3.05) is 24.6 Å². The first-order chi connectivity index (χ1) is 17.8. The van der Waals surface area contributed by atoms with Gasteiger partial charge in [-0.3, -0.25) is 4.79 Å². The van der Waals surface area contributed by atoms with Crippen molar-refractivity contribution in [2.24, 2.45) is 28.6 Å². The zero-order valence-corrected chi connectivity index (χ0v) is 23.9. The van der Waals surface area contributed by atoms with Gasteiger partial charge in [0.05, 0.1) is 17.2 Å². The Kier molecular flexibility index (Phi) is 7.46. The van der Waals surface area contributed by atoms with Crippen molar-refractivity contribution in [3.63, 3.8) is 0 Å². The van der Waals surface area contributed by atoms with Crippen molar-refractivity contribution in [1.82, 2.24) is 15.3 Å². The summed E-state index contributed by atoms with van der Waals surface area (Å²) in [7, 11) is 0. The highest BCUT2D eigenvalue weighted by molar-refractivity contribution is 5.94. The van der Waals surface area contributed by atoms with Crippen LogP contribution in [-0.4, -0.2) is 52.8 Å². The number of piperidine rings is 1. The Balaban J connectivity index is 1.44. The molecule has 1 aliphatic carbocycles. The van der Waals surface area contributed by atoms with Crippen LogP contribution in [0.25, 0.3) is 0 Å². The van der Waals surface area contributed by atoms with E-state index in [0.29, 0.717) is 28.9 Å². The van der Waals surface area contributed by atoms with Crippen LogP contribution in [-0.2, 0) is 0 Å². The highest BCUT2D eigenvalue weighted by Crippen LogP contribution is 2.55. The van der Waals surface area contributed by atoms with E-state index >= 15 is 0 Å². The summed E-state index contributed by atoms with van der Waals surface area (Å²) in [5.74, 6) is 2.14. The minimum atomic E-state index is -0.322. The maximum Gasteiger partial charge on any atom is 0.254 e. The molecule has 2 atom stereocenters. The van der Waals surface area contributed by atoms with Gasteiger partial charge in [-0.1, -0.05) is 41.5 Å². The number of amides is 1. The molecule has 2 heterocycles. The minimum Gasteiger partial charge on any atom is -0.489 e. The van der Waals surface area contributed by atoms with E-state index in [1.54, 1.807) is 18.5 Å². The number of rotatable bonds is 6. The molecular weight excluding hydrogens is 478 g/mol. The summed E-state index contributed by atoms with van der Waals surface area (Å²) in [4.78, 5) is 24.4. The largest absolute Gasteiger partial charge is 0.489 e. The van der Waals surface area contributed by atoms with Gasteiger partial charge in [-0.15, -0.1) is 0 Å². The van der Waals surface area contributed by atoms with Crippen molar-refractivity contribution in [2.45, 2.75) is 67.5 Å². The quantitative estimate of drug-likeness (QED) is 0.586. The Morgan fingerprint density at radius 3 is 2.21 bits per heavy atom. The molecular formula is C30H41N5O3. The van der Waals surface area contributed by atoms with Crippen LogP contribution in [0.3, 0.4) is 0 Å². The minimum absolute atomic E-state index is 0.119. The van der Waals surface area contributed by atoms with Crippen LogP contribution >= 0.6 is 0 Å². The normalized spacial score (nSPS) is 27.7. The highest BCUT2D eigenvalue weighted by atomic mass is 16.5. The van der Waals surface area contributed by atoms with E-state index in [1.165, 1.54) is 0 Å². The van der Waals surface area contributed by atoms with Gasteiger partial charge in [-0.25, -0.2) is 9.97 Å². The molecule has 4 rings (SSSR count). The Morgan fingerprint density at radius 1 is 1.11 bits per heavy atom. The van der Waals surface area contributed by atoms with Gasteiger partial charge >= 0.3 is 0 Å². The third-order valence-corrected chi connectivity index (χ3v) is 9.09. The second-order valence-electron chi connectivity index (χ2n) is 12.5. The summed E-state index contributed by atoms with van der Waals surface area (Å²) in [6, 6.07) is 5.77. The third kappa shape index (κ3) is 4.73.